The van der Waals surface area contributed by atoms with Gasteiger partial charge in [-0.05, 0) is 19.1 Å². The Hall–Kier alpha value is -2.09. The largest absolute Gasteiger partial charge is 0.365 e. The number of nitrogens with one attached hydrogen (secondary N) is 1. The molecule has 0 bridgehead atoms. The summed E-state index contributed by atoms with van der Waals surface area (Å²) in [5.41, 5.74) is 0.324. The fourth-order valence-electron chi connectivity index (χ4n) is 1.23. The molecule has 0 aromatic carbocycles. The van der Waals surface area contributed by atoms with Crippen LogP contribution >= 0.6 is 0 Å². The fraction of sp³-hybridized carbons (Fsp3) is 0.417. The van der Waals surface area contributed by atoms with E-state index in [0.29, 0.717) is 17.9 Å². The lowest BCUT2D eigenvalue weighted by molar-refractivity contribution is 0.0821. The molecule has 1 atom stereocenters. The third-order valence-corrected chi connectivity index (χ3v) is 2.11. The van der Waals surface area contributed by atoms with Gasteiger partial charge in [0.25, 0.3) is 5.91 Å². The van der Waals surface area contributed by atoms with Crippen molar-refractivity contribution < 1.29 is 4.79 Å². The molecule has 0 fully saturated rings. The zero-order valence-corrected chi connectivity index (χ0v) is 10.3. The Morgan fingerprint density at radius 1 is 1.53 bits per heavy atom. The van der Waals surface area contributed by atoms with Crippen molar-refractivity contribution >= 4 is 11.7 Å². The number of nitrogens with zero attached hydrogens (tertiary/aromatic N) is 3. The SMILES string of the molecule is C#CCC(C)Nc1ccc(C(=O)N(C)C)nn1. The Bertz CT molecular complexity index is 419. The van der Waals surface area contributed by atoms with E-state index in [9.17, 15) is 4.79 Å². The molecule has 1 rings (SSSR count). The summed E-state index contributed by atoms with van der Waals surface area (Å²) in [5, 5.41) is 10.9. The van der Waals surface area contributed by atoms with E-state index in [4.69, 9.17) is 6.42 Å². The average Bonchev–Trinajstić information content (AvgIpc) is 2.29. The molecule has 5 nitrogen and oxygen atoms in total. The van der Waals surface area contributed by atoms with E-state index in [2.05, 4.69) is 21.4 Å². The van der Waals surface area contributed by atoms with Crippen molar-refractivity contribution in [3.63, 3.8) is 0 Å². The van der Waals surface area contributed by atoms with Gasteiger partial charge in [0.15, 0.2) is 5.69 Å². The minimum Gasteiger partial charge on any atom is -0.365 e. The molecular weight excluding hydrogens is 216 g/mol. The molecule has 1 aromatic heterocycles. The molecule has 0 saturated heterocycles. The maximum atomic E-state index is 11.6. The minimum atomic E-state index is -0.166. The van der Waals surface area contributed by atoms with E-state index >= 15 is 0 Å². The highest BCUT2D eigenvalue weighted by Gasteiger charge is 2.10. The smallest absolute Gasteiger partial charge is 0.273 e. The first-order chi connectivity index (χ1) is 8.04. The third kappa shape index (κ3) is 3.76. The van der Waals surface area contributed by atoms with Crippen molar-refractivity contribution in [2.75, 3.05) is 19.4 Å². The molecule has 5 heteroatoms. The number of hydrogen-bond donors (Lipinski definition) is 1. The zero-order chi connectivity index (χ0) is 12.8. The van der Waals surface area contributed by atoms with Gasteiger partial charge in [0, 0.05) is 26.6 Å². The van der Waals surface area contributed by atoms with Crippen LogP contribution in [0.4, 0.5) is 5.82 Å². The number of carbonyl (C=O) groups is 1. The molecule has 90 valence electrons. The van der Waals surface area contributed by atoms with Crippen LogP contribution in [0.5, 0.6) is 0 Å². The Morgan fingerprint density at radius 2 is 2.24 bits per heavy atom. The van der Waals surface area contributed by atoms with Gasteiger partial charge in [0.2, 0.25) is 0 Å². The molecule has 1 N–H and O–H groups in total. The Balaban J connectivity index is 2.69. The molecule has 0 spiro atoms. The molecule has 0 radical (unpaired) electrons. The van der Waals surface area contributed by atoms with Crippen molar-refractivity contribution in [1.82, 2.24) is 15.1 Å². The third-order valence-electron chi connectivity index (χ3n) is 2.11. The Kier molecular flexibility index (Phi) is 4.46. The molecule has 1 amide bonds. The predicted octanol–water partition coefficient (Wildman–Crippen LogP) is 1.00. The van der Waals surface area contributed by atoms with Gasteiger partial charge in [-0.25, -0.2) is 0 Å². The maximum Gasteiger partial charge on any atom is 0.273 e. The number of aromatic nitrogens is 2. The molecule has 0 aliphatic carbocycles. The molecule has 1 aromatic rings. The first-order valence-electron chi connectivity index (χ1n) is 5.30. The van der Waals surface area contributed by atoms with Gasteiger partial charge >= 0.3 is 0 Å². The van der Waals surface area contributed by atoms with Gasteiger partial charge in [-0.15, -0.1) is 22.5 Å². The van der Waals surface area contributed by atoms with Crippen LogP contribution in [0.15, 0.2) is 12.1 Å². The normalized spacial score (nSPS) is 11.4. The van der Waals surface area contributed by atoms with E-state index in [-0.39, 0.29) is 11.9 Å². The molecule has 0 saturated carbocycles. The van der Waals surface area contributed by atoms with E-state index in [1.54, 1.807) is 26.2 Å². The van der Waals surface area contributed by atoms with Gasteiger partial charge in [0.1, 0.15) is 5.82 Å². The van der Waals surface area contributed by atoms with E-state index in [0.717, 1.165) is 0 Å². The van der Waals surface area contributed by atoms with Gasteiger partial charge in [-0.3, -0.25) is 4.79 Å². The van der Waals surface area contributed by atoms with Gasteiger partial charge in [-0.2, -0.15) is 0 Å². The lowest BCUT2D eigenvalue weighted by atomic mass is 10.2. The molecule has 0 aliphatic rings. The number of terminal acetylenes is 1. The highest BCUT2D eigenvalue weighted by Crippen LogP contribution is 2.06. The van der Waals surface area contributed by atoms with Crippen LogP contribution in [0.1, 0.15) is 23.8 Å². The summed E-state index contributed by atoms with van der Waals surface area (Å²) >= 11 is 0. The van der Waals surface area contributed by atoms with E-state index < -0.39 is 0 Å². The summed E-state index contributed by atoms with van der Waals surface area (Å²) in [6.07, 6.45) is 5.82. The summed E-state index contributed by atoms with van der Waals surface area (Å²) in [7, 11) is 3.34. The van der Waals surface area contributed by atoms with Gasteiger partial charge < -0.3 is 10.2 Å². The monoisotopic (exact) mass is 232 g/mol. The maximum absolute atomic E-state index is 11.6. The molecule has 0 aliphatic heterocycles. The van der Waals surface area contributed by atoms with Crippen molar-refractivity contribution in [1.29, 1.82) is 0 Å². The number of hydrogen-bond acceptors (Lipinski definition) is 4. The summed E-state index contributed by atoms with van der Waals surface area (Å²) in [4.78, 5) is 13.0. The van der Waals surface area contributed by atoms with Crippen LogP contribution < -0.4 is 5.32 Å². The molecule has 1 unspecified atom stereocenters. The average molecular weight is 232 g/mol. The first kappa shape index (κ1) is 13.0. The predicted molar refractivity (Wildman–Crippen MR) is 66.6 cm³/mol. The van der Waals surface area contributed by atoms with E-state index in [1.807, 2.05) is 6.92 Å². The summed E-state index contributed by atoms with van der Waals surface area (Å²) in [6, 6.07) is 3.49. The number of amides is 1. The quantitative estimate of drug-likeness (QED) is 0.787. The molecule has 17 heavy (non-hydrogen) atoms. The first-order valence-corrected chi connectivity index (χ1v) is 5.30. The number of anilines is 1. The summed E-state index contributed by atoms with van der Waals surface area (Å²) < 4.78 is 0. The van der Waals surface area contributed by atoms with Gasteiger partial charge in [0.05, 0.1) is 0 Å². The van der Waals surface area contributed by atoms with Crippen molar-refractivity contribution in [3.05, 3.63) is 17.8 Å². The van der Waals surface area contributed by atoms with Crippen molar-refractivity contribution in [2.45, 2.75) is 19.4 Å². The van der Waals surface area contributed by atoms with E-state index in [1.165, 1.54) is 4.90 Å². The standard InChI is InChI=1S/C12H16N4O/c1-5-6-9(2)13-11-8-7-10(14-15-11)12(17)16(3)4/h1,7-9H,6H2,2-4H3,(H,13,15). The number of rotatable bonds is 4. The topological polar surface area (TPSA) is 58.1 Å². The minimum absolute atomic E-state index is 0.129. The van der Waals surface area contributed by atoms with Crippen LogP contribution in [0.3, 0.4) is 0 Å². The van der Waals surface area contributed by atoms with Crippen molar-refractivity contribution in [2.24, 2.45) is 0 Å². The lowest BCUT2D eigenvalue weighted by Crippen LogP contribution is -2.23. The Labute approximate surface area is 101 Å². The highest BCUT2D eigenvalue weighted by atomic mass is 16.2. The number of carbonyl (C=O) groups excluding carboxylic acids is 1. The summed E-state index contributed by atoms with van der Waals surface area (Å²) in [5.74, 6) is 3.01. The Morgan fingerprint density at radius 3 is 2.71 bits per heavy atom. The second-order valence-corrected chi connectivity index (χ2v) is 3.96. The molecule has 1 heterocycles. The fourth-order valence-corrected chi connectivity index (χ4v) is 1.23. The van der Waals surface area contributed by atoms with Crippen molar-refractivity contribution in [3.8, 4) is 12.3 Å². The van der Waals surface area contributed by atoms with Crippen LogP contribution in [-0.2, 0) is 0 Å². The summed E-state index contributed by atoms with van der Waals surface area (Å²) in [6.45, 7) is 1.96. The zero-order valence-electron chi connectivity index (χ0n) is 10.3. The van der Waals surface area contributed by atoms with Crippen LogP contribution in [0.2, 0.25) is 0 Å². The van der Waals surface area contributed by atoms with Crippen LogP contribution in [-0.4, -0.2) is 41.1 Å². The van der Waals surface area contributed by atoms with Crippen LogP contribution in [0.25, 0.3) is 0 Å². The highest BCUT2D eigenvalue weighted by molar-refractivity contribution is 5.91. The second-order valence-electron chi connectivity index (χ2n) is 3.96. The van der Waals surface area contributed by atoms with Gasteiger partial charge in [-0.1, -0.05) is 0 Å². The lowest BCUT2D eigenvalue weighted by Gasteiger charge is -2.12. The molecular formula is C12H16N4O. The second kappa shape index (κ2) is 5.85. The van der Waals surface area contributed by atoms with Crippen LogP contribution in [0, 0.1) is 12.3 Å².